The quantitative estimate of drug-likeness (QED) is 0.388. The Kier molecular flexibility index (Phi) is 11.1. The predicted molar refractivity (Wildman–Crippen MR) is 99.1 cm³/mol. The van der Waals surface area contributed by atoms with Gasteiger partial charge in [-0.3, -0.25) is 9.89 Å². The number of nitrogens with one attached hydrogen (secondary N) is 2. The van der Waals surface area contributed by atoms with Crippen molar-refractivity contribution < 1.29 is 4.74 Å². The number of hydrogen-bond acceptors (Lipinski definition) is 3. The minimum atomic E-state index is 0.579. The van der Waals surface area contributed by atoms with Gasteiger partial charge in [-0.05, 0) is 45.2 Å². The van der Waals surface area contributed by atoms with Crippen molar-refractivity contribution in [3.63, 3.8) is 0 Å². The van der Waals surface area contributed by atoms with Crippen LogP contribution in [0.2, 0.25) is 0 Å². The van der Waals surface area contributed by atoms with Gasteiger partial charge >= 0.3 is 0 Å². The molecular weight excluding hydrogens is 288 g/mol. The zero-order chi connectivity index (χ0) is 16.9. The molecule has 0 aliphatic carbocycles. The van der Waals surface area contributed by atoms with E-state index in [-0.39, 0.29) is 0 Å². The standard InChI is InChI=1S/C18H38N4O/c1-5-23-14-10-11-20-18(19-4)21-15-17(16(2)3)22-12-8-6-7-9-13-22/h16-17H,5-15H2,1-4H3,(H2,19,20,21). The third-order valence-electron chi connectivity index (χ3n) is 4.54. The maximum Gasteiger partial charge on any atom is 0.191 e. The summed E-state index contributed by atoms with van der Waals surface area (Å²) in [6, 6.07) is 0.579. The highest BCUT2D eigenvalue weighted by molar-refractivity contribution is 5.79. The number of nitrogens with zero attached hydrogens (tertiary/aromatic N) is 2. The molecule has 0 bridgehead atoms. The number of rotatable bonds is 9. The molecule has 2 N–H and O–H groups in total. The van der Waals surface area contributed by atoms with Gasteiger partial charge in [0.2, 0.25) is 0 Å². The van der Waals surface area contributed by atoms with Crippen LogP contribution in [-0.2, 0) is 4.74 Å². The van der Waals surface area contributed by atoms with Crippen LogP contribution >= 0.6 is 0 Å². The van der Waals surface area contributed by atoms with Crippen molar-refractivity contribution in [1.29, 1.82) is 0 Å². The second-order valence-electron chi connectivity index (χ2n) is 6.69. The number of likely N-dealkylation sites (tertiary alicyclic amines) is 1. The number of guanidine groups is 1. The van der Waals surface area contributed by atoms with Gasteiger partial charge in [0.05, 0.1) is 0 Å². The smallest absolute Gasteiger partial charge is 0.191 e. The van der Waals surface area contributed by atoms with E-state index in [0.717, 1.165) is 38.7 Å². The van der Waals surface area contributed by atoms with Gasteiger partial charge in [-0.25, -0.2) is 0 Å². The molecule has 1 rings (SSSR count). The van der Waals surface area contributed by atoms with E-state index < -0.39 is 0 Å². The highest BCUT2D eigenvalue weighted by Gasteiger charge is 2.22. The Hall–Kier alpha value is -0.810. The molecule has 0 amide bonds. The van der Waals surface area contributed by atoms with Crippen LogP contribution in [0.1, 0.15) is 52.9 Å². The van der Waals surface area contributed by atoms with Crippen LogP contribution < -0.4 is 10.6 Å². The van der Waals surface area contributed by atoms with Gasteiger partial charge in [0.15, 0.2) is 5.96 Å². The van der Waals surface area contributed by atoms with E-state index >= 15 is 0 Å². The summed E-state index contributed by atoms with van der Waals surface area (Å²) in [6.45, 7) is 12.6. The second-order valence-corrected chi connectivity index (χ2v) is 6.69. The first kappa shape index (κ1) is 20.2. The highest BCUT2D eigenvalue weighted by atomic mass is 16.5. The van der Waals surface area contributed by atoms with Gasteiger partial charge in [-0.15, -0.1) is 0 Å². The average molecular weight is 327 g/mol. The summed E-state index contributed by atoms with van der Waals surface area (Å²) in [6.07, 6.45) is 6.46. The molecule has 0 aromatic carbocycles. The fraction of sp³-hybridized carbons (Fsp3) is 0.944. The molecule has 23 heavy (non-hydrogen) atoms. The van der Waals surface area contributed by atoms with Crippen molar-refractivity contribution in [3.8, 4) is 0 Å². The van der Waals surface area contributed by atoms with E-state index in [4.69, 9.17) is 4.74 Å². The largest absolute Gasteiger partial charge is 0.382 e. The van der Waals surface area contributed by atoms with Gasteiger partial charge < -0.3 is 15.4 Å². The average Bonchev–Trinajstić information content (AvgIpc) is 2.82. The van der Waals surface area contributed by atoms with Crippen LogP contribution in [0.25, 0.3) is 0 Å². The lowest BCUT2D eigenvalue weighted by Crippen LogP contribution is -2.49. The van der Waals surface area contributed by atoms with Crippen LogP contribution in [0.3, 0.4) is 0 Å². The Morgan fingerprint density at radius 1 is 1.13 bits per heavy atom. The van der Waals surface area contributed by atoms with Crippen molar-refractivity contribution in [3.05, 3.63) is 0 Å². The lowest BCUT2D eigenvalue weighted by atomic mass is 10.0. The lowest BCUT2D eigenvalue weighted by molar-refractivity contribution is 0.145. The summed E-state index contributed by atoms with van der Waals surface area (Å²) in [7, 11) is 1.84. The van der Waals surface area contributed by atoms with E-state index in [2.05, 4.69) is 34.4 Å². The van der Waals surface area contributed by atoms with Crippen LogP contribution in [0.15, 0.2) is 4.99 Å². The Morgan fingerprint density at radius 3 is 2.39 bits per heavy atom. The number of ether oxygens (including phenoxy) is 1. The molecule has 0 saturated carbocycles. The molecule has 0 aromatic heterocycles. The molecule has 1 fully saturated rings. The highest BCUT2D eigenvalue weighted by Crippen LogP contribution is 2.16. The summed E-state index contributed by atoms with van der Waals surface area (Å²) in [5.41, 5.74) is 0. The molecule has 136 valence electrons. The molecule has 0 radical (unpaired) electrons. The van der Waals surface area contributed by atoms with Gasteiger partial charge in [0, 0.05) is 39.4 Å². The fourth-order valence-corrected chi connectivity index (χ4v) is 3.16. The van der Waals surface area contributed by atoms with Gasteiger partial charge in [-0.2, -0.15) is 0 Å². The Labute approximate surface area is 143 Å². The lowest BCUT2D eigenvalue weighted by Gasteiger charge is -2.34. The number of aliphatic imine (C=N–C) groups is 1. The van der Waals surface area contributed by atoms with E-state index in [0.29, 0.717) is 12.0 Å². The predicted octanol–water partition coefficient (Wildman–Crippen LogP) is 2.48. The van der Waals surface area contributed by atoms with E-state index in [1.807, 2.05) is 14.0 Å². The Morgan fingerprint density at radius 2 is 1.83 bits per heavy atom. The molecule has 1 aliphatic heterocycles. The van der Waals surface area contributed by atoms with Gasteiger partial charge in [0.25, 0.3) is 0 Å². The summed E-state index contributed by atoms with van der Waals surface area (Å²) in [5, 5.41) is 6.89. The molecule has 5 heteroatoms. The SMILES string of the molecule is CCOCCCNC(=NC)NCC(C(C)C)N1CCCCCC1. The van der Waals surface area contributed by atoms with Crippen LogP contribution in [0.4, 0.5) is 0 Å². The Balaban J connectivity index is 2.36. The molecule has 1 saturated heterocycles. The summed E-state index contributed by atoms with van der Waals surface area (Å²) < 4.78 is 5.36. The third-order valence-corrected chi connectivity index (χ3v) is 4.54. The minimum absolute atomic E-state index is 0.579. The first-order valence-corrected chi connectivity index (χ1v) is 9.45. The monoisotopic (exact) mass is 326 g/mol. The normalized spacial score (nSPS) is 18.7. The molecule has 0 aromatic rings. The van der Waals surface area contributed by atoms with Crippen molar-refractivity contribution >= 4 is 5.96 Å². The molecule has 5 nitrogen and oxygen atoms in total. The van der Waals surface area contributed by atoms with Crippen molar-refractivity contribution in [2.45, 2.75) is 58.9 Å². The molecule has 1 atom stereocenters. The first-order chi connectivity index (χ1) is 11.2. The Bertz CT molecular complexity index is 312. The summed E-state index contributed by atoms with van der Waals surface area (Å²) in [4.78, 5) is 7.01. The zero-order valence-electron chi connectivity index (χ0n) is 15.7. The zero-order valence-corrected chi connectivity index (χ0v) is 15.7. The summed E-state index contributed by atoms with van der Waals surface area (Å²) >= 11 is 0. The van der Waals surface area contributed by atoms with E-state index in [1.165, 1.54) is 38.8 Å². The molecule has 1 unspecified atom stereocenters. The van der Waals surface area contributed by atoms with Crippen molar-refractivity contribution in [2.75, 3.05) is 46.4 Å². The van der Waals surface area contributed by atoms with Gasteiger partial charge in [-0.1, -0.05) is 26.7 Å². The molecular formula is C18H38N4O. The van der Waals surface area contributed by atoms with Crippen molar-refractivity contribution in [2.24, 2.45) is 10.9 Å². The maximum atomic E-state index is 5.36. The van der Waals surface area contributed by atoms with Crippen LogP contribution in [-0.4, -0.2) is 63.3 Å². The third kappa shape index (κ3) is 8.56. The first-order valence-electron chi connectivity index (χ1n) is 9.45. The molecule has 1 heterocycles. The molecule has 1 aliphatic rings. The summed E-state index contributed by atoms with van der Waals surface area (Å²) in [5.74, 6) is 1.55. The minimum Gasteiger partial charge on any atom is -0.382 e. The molecule has 0 spiro atoms. The fourth-order valence-electron chi connectivity index (χ4n) is 3.16. The van der Waals surface area contributed by atoms with Gasteiger partial charge in [0.1, 0.15) is 0 Å². The van der Waals surface area contributed by atoms with E-state index in [9.17, 15) is 0 Å². The topological polar surface area (TPSA) is 48.9 Å². The van der Waals surface area contributed by atoms with E-state index in [1.54, 1.807) is 0 Å². The van der Waals surface area contributed by atoms with Crippen molar-refractivity contribution in [1.82, 2.24) is 15.5 Å². The van der Waals surface area contributed by atoms with Crippen LogP contribution in [0.5, 0.6) is 0 Å². The number of hydrogen-bond donors (Lipinski definition) is 2. The second kappa shape index (κ2) is 12.6. The maximum absolute atomic E-state index is 5.36. The van der Waals surface area contributed by atoms with Crippen LogP contribution in [0, 0.1) is 5.92 Å².